The van der Waals surface area contributed by atoms with Crippen molar-refractivity contribution in [2.24, 2.45) is 5.92 Å². The van der Waals surface area contributed by atoms with E-state index >= 15 is 0 Å². The minimum Gasteiger partial charge on any atom is -0.352 e. The Morgan fingerprint density at radius 3 is 2.55 bits per heavy atom. The van der Waals surface area contributed by atoms with E-state index in [1.165, 1.54) is 25.7 Å². The van der Waals surface area contributed by atoms with Crippen LogP contribution in [0.25, 0.3) is 0 Å². The Labute approximate surface area is 134 Å². The monoisotopic (exact) mass is 309 g/mol. The van der Waals surface area contributed by atoms with Gasteiger partial charge in [0.05, 0.1) is 6.54 Å². The van der Waals surface area contributed by atoms with Crippen LogP contribution in [0.1, 0.15) is 51.9 Å². The number of hydrogen-bond acceptors (Lipinski definition) is 3. The van der Waals surface area contributed by atoms with Crippen LogP contribution < -0.4 is 5.32 Å². The summed E-state index contributed by atoms with van der Waals surface area (Å²) >= 11 is 0. The zero-order valence-corrected chi connectivity index (χ0v) is 14.1. The van der Waals surface area contributed by atoms with Crippen molar-refractivity contribution < 1.29 is 9.59 Å². The highest BCUT2D eigenvalue weighted by Gasteiger charge is 2.29. The molecular formula is C17H31N3O2. The number of rotatable bonds is 6. The Bertz CT molecular complexity index is 378. The van der Waals surface area contributed by atoms with Crippen molar-refractivity contribution in [1.82, 2.24) is 15.1 Å². The van der Waals surface area contributed by atoms with Crippen LogP contribution >= 0.6 is 0 Å². The Morgan fingerprint density at radius 2 is 1.95 bits per heavy atom. The van der Waals surface area contributed by atoms with E-state index in [1.54, 1.807) is 0 Å². The minimum atomic E-state index is 0.131. The number of carbonyl (C=O) groups excluding carboxylic acids is 2. The summed E-state index contributed by atoms with van der Waals surface area (Å²) in [5.74, 6) is 0.748. The van der Waals surface area contributed by atoms with Crippen LogP contribution in [0.3, 0.4) is 0 Å². The third-order valence-corrected chi connectivity index (χ3v) is 4.88. The highest BCUT2D eigenvalue weighted by molar-refractivity contribution is 5.79. The molecular weight excluding hydrogens is 278 g/mol. The molecule has 2 rings (SSSR count). The summed E-state index contributed by atoms with van der Waals surface area (Å²) in [4.78, 5) is 27.9. The lowest BCUT2D eigenvalue weighted by atomic mass is 10.1. The van der Waals surface area contributed by atoms with Gasteiger partial charge in [-0.25, -0.2) is 0 Å². The largest absolute Gasteiger partial charge is 0.352 e. The van der Waals surface area contributed by atoms with E-state index in [1.807, 2.05) is 18.9 Å². The van der Waals surface area contributed by atoms with Crippen LogP contribution in [-0.2, 0) is 9.59 Å². The summed E-state index contributed by atoms with van der Waals surface area (Å²) in [7, 11) is 1.98. The molecule has 1 unspecified atom stereocenters. The van der Waals surface area contributed by atoms with Gasteiger partial charge in [0.1, 0.15) is 0 Å². The molecule has 1 saturated carbocycles. The lowest BCUT2D eigenvalue weighted by molar-refractivity contribution is -0.127. The van der Waals surface area contributed by atoms with E-state index in [9.17, 15) is 9.59 Å². The molecule has 0 spiro atoms. The Hall–Kier alpha value is -1.10. The van der Waals surface area contributed by atoms with Gasteiger partial charge in [0.2, 0.25) is 11.8 Å². The molecule has 5 nitrogen and oxygen atoms in total. The molecule has 2 aliphatic rings. The van der Waals surface area contributed by atoms with Crippen LogP contribution in [0.15, 0.2) is 0 Å². The molecule has 2 amide bonds. The van der Waals surface area contributed by atoms with Gasteiger partial charge in [0, 0.05) is 32.1 Å². The first-order valence-electron chi connectivity index (χ1n) is 8.84. The number of nitrogens with one attached hydrogen (secondary N) is 1. The fourth-order valence-corrected chi connectivity index (χ4v) is 3.73. The predicted octanol–water partition coefficient (Wildman–Crippen LogP) is 1.63. The number of hydrogen-bond donors (Lipinski definition) is 1. The highest BCUT2D eigenvalue weighted by Crippen LogP contribution is 2.19. The van der Waals surface area contributed by atoms with Gasteiger partial charge < -0.3 is 10.2 Å². The fourth-order valence-electron chi connectivity index (χ4n) is 3.73. The smallest absolute Gasteiger partial charge is 0.234 e. The molecule has 1 atom stereocenters. The van der Waals surface area contributed by atoms with Crippen molar-refractivity contribution in [1.29, 1.82) is 0 Å². The van der Waals surface area contributed by atoms with Gasteiger partial charge in [-0.3, -0.25) is 14.5 Å². The second-order valence-electron chi connectivity index (χ2n) is 6.96. The van der Waals surface area contributed by atoms with Gasteiger partial charge in [0.25, 0.3) is 0 Å². The zero-order valence-electron chi connectivity index (χ0n) is 14.1. The van der Waals surface area contributed by atoms with E-state index in [-0.39, 0.29) is 11.8 Å². The van der Waals surface area contributed by atoms with Gasteiger partial charge in [-0.05, 0) is 32.7 Å². The maximum atomic E-state index is 12.2. The van der Waals surface area contributed by atoms with Crippen molar-refractivity contribution in [2.45, 2.75) is 57.9 Å². The van der Waals surface area contributed by atoms with Gasteiger partial charge in [0.15, 0.2) is 0 Å². The van der Waals surface area contributed by atoms with E-state index < -0.39 is 0 Å². The quantitative estimate of drug-likeness (QED) is 0.759. The Kier molecular flexibility index (Phi) is 6.68. The van der Waals surface area contributed by atoms with Crippen molar-refractivity contribution in [3.63, 3.8) is 0 Å². The first-order valence-corrected chi connectivity index (χ1v) is 8.84. The van der Waals surface area contributed by atoms with Crippen molar-refractivity contribution in [3.8, 4) is 0 Å². The molecule has 0 bridgehead atoms. The topological polar surface area (TPSA) is 52.6 Å². The summed E-state index contributed by atoms with van der Waals surface area (Å²) in [6, 6.07) is 0.368. The summed E-state index contributed by atoms with van der Waals surface area (Å²) < 4.78 is 0. The summed E-state index contributed by atoms with van der Waals surface area (Å²) in [5.41, 5.74) is 0. The minimum absolute atomic E-state index is 0.131. The van der Waals surface area contributed by atoms with Gasteiger partial charge >= 0.3 is 0 Å². The maximum Gasteiger partial charge on any atom is 0.234 e. The predicted molar refractivity (Wildman–Crippen MR) is 87.5 cm³/mol. The second-order valence-corrected chi connectivity index (χ2v) is 6.96. The zero-order chi connectivity index (χ0) is 15.9. The number of amides is 2. The van der Waals surface area contributed by atoms with Crippen LogP contribution in [0, 0.1) is 5.92 Å². The van der Waals surface area contributed by atoms with E-state index in [4.69, 9.17) is 0 Å². The van der Waals surface area contributed by atoms with Crippen molar-refractivity contribution in [2.75, 3.05) is 33.2 Å². The van der Waals surface area contributed by atoms with E-state index in [0.29, 0.717) is 24.9 Å². The second kappa shape index (κ2) is 8.51. The van der Waals surface area contributed by atoms with E-state index in [2.05, 4.69) is 10.2 Å². The van der Waals surface area contributed by atoms with Crippen molar-refractivity contribution >= 4 is 11.8 Å². The SMILES string of the molecule is CCN1CC(CN(C)CC(=O)NC2CCCCCC2)CC1=O. The first-order chi connectivity index (χ1) is 10.6. The maximum absolute atomic E-state index is 12.2. The molecule has 0 aromatic heterocycles. The van der Waals surface area contributed by atoms with Crippen molar-refractivity contribution in [3.05, 3.63) is 0 Å². The van der Waals surface area contributed by atoms with Crippen LogP contribution in [0.5, 0.6) is 0 Å². The number of likely N-dealkylation sites (N-methyl/N-ethyl adjacent to an activating group) is 1. The molecule has 126 valence electrons. The number of carbonyl (C=O) groups is 2. The molecule has 1 aliphatic carbocycles. The molecule has 22 heavy (non-hydrogen) atoms. The standard InChI is InChI=1S/C17H31N3O2/c1-3-20-12-14(10-17(20)22)11-19(2)13-16(21)18-15-8-6-4-5-7-9-15/h14-15H,3-13H2,1-2H3,(H,18,21). The molecule has 0 aromatic rings. The third-order valence-electron chi connectivity index (χ3n) is 4.88. The number of nitrogens with zero attached hydrogens (tertiary/aromatic N) is 2. The van der Waals surface area contributed by atoms with E-state index in [0.717, 1.165) is 32.5 Å². The lowest BCUT2D eigenvalue weighted by Crippen LogP contribution is -2.42. The van der Waals surface area contributed by atoms with Crippen LogP contribution in [-0.4, -0.2) is 60.9 Å². The Morgan fingerprint density at radius 1 is 1.27 bits per heavy atom. The Balaban J connectivity index is 1.68. The summed E-state index contributed by atoms with van der Waals surface area (Å²) in [6.07, 6.45) is 7.94. The summed E-state index contributed by atoms with van der Waals surface area (Å²) in [5, 5.41) is 3.19. The van der Waals surface area contributed by atoms with Crippen LogP contribution in [0.2, 0.25) is 0 Å². The molecule has 5 heteroatoms. The van der Waals surface area contributed by atoms with Crippen LogP contribution in [0.4, 0.5) is 0 Å². The van der Waals surface area contributed by atoms with Gasteiger partial charge in [-0.15, -0.1) is 0 Å². The molecule has 1 heterocycles. The van der Waals surface area contributed by atoms with Gasteiger partial charge in [-0.1, -0.05) is 25.7 Å². The molecule has 1 saturated heterocycles. The normalized spacial score (nSPS) is 23.9. The average molecular weight is 309 g/mol. The molecule has 0 radical (unpaired) electrons. The first kappa shape index (κ1) is 17.3. The fraction of sp³-hybridized carbons (Fsp3) is 0.882. The van der Waals surface area contributed by atoms with Gasteiger partial charge in [-0.2, -0.15) is 0 Å². The average Bonchev–Trinajstić information content (AvgIpc) is 2.65. The highest BCUT2D eigenvalue weighted by atomic mass is 16.2. The lowest BCUT2D eigenvalue weighted by Gasteiger charge is -2.22. The number of likely N-dealkylation sites (tertiary alicyclic amines) is 1. The molecule has 1 aliphatic heterocycles. The third kappa shape index (κ3) is 5.27. The molecule has 0 aromatic carbocycles. The molecule has 1 N–H and O–H groups in total. The molecule has 2 fully saturated rings. The summed E-state index contributed by atoms with van der Waals surface area (Å²) in [6.45, 7) is 4.91.